The smallest absolute Gasteiger partial charge is 0.226 e. The van der Waals surface area contributed by atoms with Gasteiger partial charge in [-0.3, -0.25) is 4.79 Å². The Kier molecular flexibility index (Phi) is 7.62. The number of benzene rings is 1. The molecule has 6 nitrogen and oxygen atoms in total. The molecule has 0 spiro atoms. The molecule has 0 bridgehead atoms. The van der Waals surface area contributed by atoms with Crippen LogP contribution in [0.4, 0.5) is 0 Å². The molecule has 44 heavy (non-hydrogen) atoms. The molecule has 10 atom stereocenters. The molecule has 1 aromatic rings. The van der Waals surface area contributed by atoms with Crippen LogP contribution < -0.4 is 11.1 Å². The van der Waals surface area contributed by atoms with Gasteiger partial charge in [0, 0.05) is 12.1 Å². The predicted molar refractivity (Wildman–Crippen MR) is 176 cm³/mol. The number of amidine groups is 1. The molecule has 6 heteroatoms. The fourth-order valence-electron chi connectivity index (χ4n) is 12.8. The highest BCUT2D eigenvalue weighted by Gasteiger charge is 2.71. The van der Waals surface area contributed by atoms with Crippen LogP contribution in [0.25, 0.3) is 0 Å². The number of rotatable bonds is 5. The number of oxime groups is 1. The Morgan fingerprint density at radius 2 is 1.73 bits per heavy atom. The first kappa shape index (κ1) is 31.6. The molecule has 5 aliphatic rings. The van der Waals surface area contributed by atoms with Gasteiger partial charge < -0.3 is 21.4 Å². The van der Waals surface area contributed by atoms with E-state index in [4.69, 9.17) is 10.9 Å². The van der Waals surface area contributed by atoms with Gasteiger partial charge in [0.05, 0.1) is 11.5 Å². The maximum atomic E-state index is 14.4. The topological polar surface area (TPSA) is 108 Å². The Bertz CT molecular complexity index is 1350. The molecule has 0 aliphatic heterocycles. The zero-order valence-corrected chi connectivity index (χ0v) is 28.1. The highest BCUT2D eigenvalue weighted by molar-refractivity contribution is 5.97. The summed E-state index contributed by atoms with van der Waals surface area (Å²) in [7, 11) is 0. The molecule has 5 unspecified atom stereocenters. The van der Waals surface area contributed by atoms with Crippen LogP contribution in [0.5, 0.6) is 0 Å². The van der Waals surface area contributed by atoms with Gasteiger partial charge in [-0.15, -0.1) is 0 Å². The van der Waals surface area contributed by atoms with Crippen LogP contribution in [0.3, 0.4) is 0 Å². The minimum Gasteiger partial charge on any atom is -0.409 e. The molecule has 0 heterocycles. The maximum absolute atomic E-state index is 14.4. The number of amides is 1. The fraction of sp³-hybridized carbons (Fsp3) is 0.737. The van der Waals surface area contributed by atoms with Gasteiger partial charge >= 0.3 is 0 Å². The molecular formula is C38H57N3O3. The number of fused-ring (bicyclic) bond motifs is 7. The average Bonchev–Trinajstić information content (AvgIpc) is 3.39. The summed E-state index contributed by atoms with van der Waals surface area (Å²) in [6.45, 7) is 19.6. The monoisotopic (exact) mass is 603 g/mol. The quantitative estimate of drug-likeness (QED) is 0.0924. The second-order valence-electron chi connectivity index (χ2n) is 17.1. The number of aliphatic hydroxyl groups is 1. The van der Waals surface area contributed by atoms with E-state index in [1.54, 1.807) is 0 Å². The minimum absolute atomic E-state index is 0.0431. The van der Waals surface area contributed by atoms with Crippen LogP contribution >= 0.6 is 0 Å². The van der Waals surface area contributed by atoms with Crippen molar-refractivity contribution in [2.75, 3.05) is 0 Å². The molecule has 6 rings (SSSR count). The molecule has 5 saturated carbocycles. The minimum atomic E-state index is -0.363. The molecule has 1 amide bonds. The third-order valence-electron chi connectivity index (χ3n) is 15.3. The van der Waals surface area contributed by atoms with Crippen molar-refractivity contribution >= 4 is 11.7 Å². The Labute approximate surface area is 265 Å². The number of nitrogens with one attached hydrogen (secondary N) is 1. The molecule has 0 aromatic heterocycles. The van der Waals surface area contributed by atoms with E-state index in [2.05, 4.69) is 58.6 Å². The van der Waals surface area contributed by atoms with Gasteiger partial charge in [-0.05, 0) is 134 Å². The van der Waals surface area contributed by atoms with E-state index in [0.29, 0.717) is 41.7 Å². The van der Waals surface area contributed by atoms with E-state index >= 15 is 0 Å². The van der Waals surface area contributed by atoms with E-state index < -0.39 is 0 Å². The summed E-state index contributed by atoms with van der Waals surface area (Å²) in [4.78, 5) is 14.4. The Morgan fingerprint density at radius 3 is 2.43 bits per heavy atom. The summed E-state index contributed by atoms with van der Waals surface area (Å²) in [5.74, 6) is 2.67. The van der Waals surface area contributed by atoms with Gasteiger partial charge in [-0.2, -0.15) is 0 Å². The summed E-state index contributed by atoms with van der Waals surface area (Å²) in [6, 6.07) is 7.57. The van der Waals surface area contributed by atoms with E-state index in [1.807, 2.05) is 24.3 Å². The largest absolute Gasteiger partial charge is 0.409 e. The second kappa shape index (κ2) is 10.6. The van der Waals surface area contributed by atoms with Crippen molar-refractivity contribution < 1.29 is 15.1 Å². The average molecular weight is 604 g/mol. The molecule has 5 aliphatic carbocycles. The first-order chi connectivity index (χ1) is 20.7. The van der Waals surface area contributed by atoms with Crippen LogP contribution in [-0.4, -0.2) is 28.2 Å². The normalized spacial score (nSPS) is 44.5. The third-order valence-corrected chi connectivity index (χ3v) is 15.3. The number of hydrogen-bond acceptors (Lipinski definition) is 4. The standard InChI is InChI=1S/C38H57N3O3/c1-23(2)26-13-18-38(33(43)40-22-24-9-8-10-25(21-24)32(39)41-44)20-19-36(6)27(31(26)38)11-12-29-35(5)16-15-30(42)34(3,4)28(35)14-17-37(29,36)7/h8-10,21,26-31,42,44H,1,11-20,22H2,2-7H3,(H2,39,41)(H,40,43)/t26?,27?,28?,29?,30-,31?,35-,36+,37+,38-/m0/s1. The molecule has 5 fully saturated rings. The Balaban J connectivity index is 1.30. The van der Waals surface area contributed by atoms with Crippen molar-refractivity contribution in [2.45, 2.75) is 118 Å². The summed E-state index contributed by atoms with van der Waals surface area (Å²) in [5, 5.41) is 26.7. The number of aliphatic hydroxyl groups excluding tert-OH is 1. The highest BCUT2D eigenvalue weighted by Crippen LogP contribution is 2.77. The van der Waals surface area contributed by atoms with Crippen molar-refractivity contribution in [1.29, 1.82) is 0 Å². The molecular weight excluding hydrogens is 546 g/mol. The zero-order valence-electron chi connectivity index (χ0n) is 28.1. The van der Waals surface area contributed by atoms with Crippen LogP contribution in [0.15, 0.2) is 41.6 Å². The van der Waals surface area contributed by atoms with Crippen molar-refractivity contribution in [3.05, 3.63) is 47.5 Å². The van der Waals surface area contributed by atoms with E-state index in [1.165, 1.54) is 31.3 Å². The highest BCUT2D eigenvalue weighted by atomic mass is 16.4. The lowest BCUT2D eigenvalue weighted by Gasteiger charge is -2.72. The van der Waals surface area contributed by atoms with E-state index in [-0.39, 0.29) is 44.9 Å². The fourth-order valence-corrected chi connectivity index (χ4v) is 12.8. The van der Waals surface area contributed by atoms with Crippen LogP contribution in [0.2, 0.25) is 0 Å². The van der Waals surface area contributed by atoms with Crippen LogP contribution in [0.1, 0.15) is 117 Å². The van der Waals surface area contributed by atoms with Gasteiger partial charge in [-0.25, -0.2) is 0 Å². The van der Waals surface area contributed by atoms with Crippen LogP contribution in [-0.2, 0) is 11.3 Å². The Hall–Kier alpha value is -2.34. The van der Waals surface area contributed by atoms with E-state index in [9.17, 15) is 9.90 Å². The lowest BCUT2D eigenvalue weighted by molar-refractivity contribution is -0.246. The molecule has 5 N–H and O–H groups in total. The lowest BCUT2D eigenvalue weighted by atomic mass is 9.32. The molecule has 1 aromatic carbocycles. The number of nitrogens with two attached hydrogens (primary N) is 1. The zero-order chi connectivity index (χ0) is 31.9. The molecule has 242 valence electrons. The third kappa shape index (κ3) is 4.28. The maximum Gasteiger partial charge on any atom is 0.226 e. The van der Waals surface area contributed by atoms with Gasteiger partial charge in [0.2, 0.25) is 5.91 Å². The second-order valence-corrected chi connectivity index (χ2v) is 17.1. The number of carbonyl (C=O) groups is 1. The van der Waals surface area contributed by atoms with E-state index in [0.717, 1.165) is 44.1 Å². The predicted octanol–water partition coefficient (Wildman–Crippen LogP) is 7.42. The van der Waals surface area contributed by atoms with Gasteiger partial charge in [-0.1, -0.05) is 70.1 Å². The number of carbonyl (C=O) groups excluding carboxylic acids is 1. The number of nitrogens with zero attached hydrogens (tertiary/aromatic N) is 1. The first-order valence-electron chi connectivity index (χ1n) is 17.3. The summed E-state index contributed by atoms with van der Waals surface area (Å²) >= 11 is 0. The molecule has 0 radical (unpaired) electrons. The summed E-state index contributed by atoms with van der Waals surface area (Å²) in [6.07, 6.45) is 10.7. The van der Waals surface area contributed by atoms with Crippen molar-refractivity contribution in [1.82, 2.24) is 5.32 Å². The van der Waals surface area contributed by atoms with Crippen molar-refractivity contribution in [3.8, 4) is 0 Å². The van der Waals surface area contributed by atoms with Gasteiger partial charge in [0.15, 0.2) is 5.84 Å². The first-order valence-corrected chi connectivity index (χ1v) is 17.3. The molecule has 0 saturated heterocycles. The lowest BCUT2D eigenvalue weighted by Crippen LogP contribution is -2.67. The van der Waals surface area contributed by atoms with Crippen molar-refractivity contribution in [3.63, 3.8) is 0 Å². The SMILES string of the molecule is C=C(C)C1CC[C@]2(C(=O)NCc3cccc(/C(N)=N/O)c3)CC[C@]3(C)C(CCC4[C@@]5(C)CC[C@H](O)C(C)(C)C5CC[C@]43C)C12. The Morgan fingerprint density at radius 1 is 0.977 bits per heavy atom. The summed E-state index contributed by atoms with van der Waals surface area (Å²) < 4.78 is 0. The number of hydrogen-bond donors (Lipinski definition) is 4. The van der Waals surface area contributed by atoms with Gasteiger partial charge in [0.1, 0.15) is 0 Å². The number of allylic oxidation sites excluding steroid dienone is 1. The van der Waals surface area contributed by atoms with Crippen LogP contribution in [0, 0.1) is 56.7 Å². The van der Waals surface area contributed by atoms with Crippen molar-refractivity contribution in [2.24, 2.45) is 67.6 Å². The summed E-state index contributed by atoms with van der Waals surface area (Å²) in [5.41, 5.74) is 8.91. The van der Waals surface area contributed by atoms with Gasteiger partial charge in [0.25, 0.3) is 0 Å².